The van der Waals surface area contributed by atoms with E-state index in [1.165, 1.54) is 0 Å². The van der Waals surface area contributed by atoms with Crippen molar-refractivity contribution in [2.45, 2.75) is 13.5 Å². The molecule has 7 nitrogen and oxygen atoms in total. The predicted octanol–water partition coefficient (Wildman–Crippen LogP) is 7.34. The van der Waals surface area contributed by atoms with Crippen LogP contribution in [0.1, 0.15) is 6.92 Å². The lowest BCUT2D eigenvalue weighted by Gasteiger charge is -2.23. The van der Waals surface area contributed by atoms with Crippen LogP contribution >= 0.6 is 0 Å². The molecule has 0 fully saturated rings. The van der Waals surface area contributed by atoms with Crippen molar-refractivity contribution in [1.29, 1.82) is 5.39 Å². The molecule has 0 amide bonds. The van der Waals surface area contributed by atoms with Crippen LogP contribution in [0.5, 0.6) is 0 Å². The number of benzene rings is 3. The molecule has 0 N–H and O–H groups in total. The van der Waals surface area contributed by atoms with Crippen LogP contribution in [0.2, 0.25) is 0 Å². The van der Waals surface area contributed by atoms with Crippen LogP contribution in [-0.2, 0) is 6.54 Å². The fraction of sp³-hybridized carbons (Fsp3) is 0.0952. The predicted molar refractivity (Wildman–Crippen MR) is 119 cm³/mol. The molecule has 0 bridgehead atoms. The van der Waals surface area contributed by atoms with Crippen molar-refractivity contribution >= 4 is 23.7 Å². The maximum atomic E-state index is 9.75. The molecule has 1 heterocycles. The van der Waals surface area contributed by atoms with Gasteiger partial charge in [0.1, 0.15) is 0 Å². The van der Waals surface area contributed by atoms with Crippen molar-refractivity contribution in [3.63, 3.8) is 0 Å². The average molecular weight is 453 g/mol. The van der Waals surface area contributed by atoms with Crippen LogP contribution in [0.25, 0.3) is 48.8 Å². The second-order valence-corrected chi connectivity index (χ2v) is 6.76. The highest BCUT2D eigenvalue weighted by molar-refractivity contribution is 6.50. The first-order valence-electron chi connectivity index (χ1n) is 9.73. The molecule has 0 saturated carbocycles. The normalized spacial score (nSPS) is 11.5. The number of nitrogens with zero attached hydrogens (tertiary/aromatic N) is 7. The summed E-state index contributed by atoms with van der Waals surface area (Å²) in [4.78, 5) is 2.92. The molecule has 12 heteroatoms. The van der Waals surface area contributed by atoms with E-state index in [0.717, 1.165) is 39.8 Å². The van der Waals surface area contributed by atoms with Crippen molar-refractivity contribution in [2.24, 2.45) is 10.2 Å². The zero-order chi connectivity index (χ0) is 24.0. The molecule has 4 rings (SSSR count). The molecule has 2 aromatic rings. The van der Waals surface area contributed by atoms with Crippen LogP contribution in [0.3, 0.4) is 0 Å². The number of pyridine rings is 1. The Balaban J connectivity index is 0.000000555. The van der Waals surface area contributed by atoms with Gasteiger partial charge in [0, 0.05) is 28.1 Å². The van der Waals surface area contributed by atoms with Gasteiger partial charge in [-0.25, -0.2) is 0 Å². The lowest BCUT2D eigenvalue weighted by Crippen LogP contribution is -2.11. The molecule has 0 atom stereocenters. The van der Waals surface area contributed by atoms with Crippen molar-refractivity contribution < 1.29 is 17.3 Å². The van der Waals surface area contributed by atoms with E-state index in [9.17, 15) is 17.3 Å². The molecule has 0 radical (unpaired) electrons. The minimum absolute atomic E-state index is 0.569. The smallest absolute Gasteiger partial charge is 0.418 e. The Labute approximate surface area is 185 Å². The number of fused-ring (bicyclic) bond motifs is 3. The van der Waals surface area contributed by atoms with Gasteiger partial charge >= 0.3 is 12.3 Å². The van der Waals surface area contributed by atoms with Gasteiger partial charge in [0.2, 0.25) is 0 Å². The molecule has 0 saturated heterocycles. The maximum Gasteiger partial charge on any atom is 0.673 e. The summed E-state index contributed by atoms with van der Waals surface area (Å²) in [5, 5.41) is 21.9. The molecule has 0 aromatic heterocycles. The van der Waals surface area contributed by atoms with Gasteiger partial charge in [-0.1, -0.05) is 47.6 Å². The Hall–Kier alpha value is -4.36. The molecule has 1 aliphatic carbocycles. The van der Waals surface area contributed by atoms with Crippen LogP contribution in [0.15, 0.2) is 76.9 Å². The Kier molecular flexibility index (Phi) is 6.96. The standard InChI is InChI=1S/C21H16N7.BF4/c1-2-28-20-13-16(25-27-23)9-11-18(20)17-10-8-15(24-26-22)12-19(17)21(28)14-6-4-3-5-7-14;2-1(3,4)5/h3-13H,2H2,1H3;/q+1;-1. The molecule has 166 valence electrons. The van der Waals surface area contributed by atoms with Crippen molar-refractivity contribution in [2.75, 3.05) is 0 Å². The van der Waals surface area contributed by atoms with Crippen molar-refractivity contribution in [3.05, 3.63) is 87.6 Å². The van der Waals surface area contributed by atoms with E-state index in [1.54, 1.807) is 0 Å². The summed E-state index contributed by atoms with van der Waals surface area (Å²) in [7, 11) is -6.00. The first-order valence-corrected chi connectivity index (χ1v) is 9.73. The monoisotopic (exact) mass is 453 g/mol. The zero-order valence-corrected chi connectivity index (χ0v) is 17.3. The van der Waals surface area contributed by atoms with Crippen LogP contribution in [0.4, 0.5) is 23.0 Å². The van der Waals surface area contributed by atoms with Gasteiger partial charge < -0.3 is 21.8 Å². The van der Waals surface area contributed by atoms with E-state index in [0.29, 0.717) is 11.0 Å². The Morgan fingerprint density at radius 2 is 1.67 bits per heavy atom. The quantitative estimate of drug-likeness (QED) is 0.0466. The van der Waals surface area contributed by atoms with E-state index < -0.39 is 7.25 Å². The molecule has 33 heavy (non-hydrogen) atoms. The lowest BCUT2D eigenvalue weighted by atomic mass is 9.95. The number of aromatic nitrogens is 1. The van der Waals surface area contributed by atoms with Crippen LogP contribution in [-0.4, -0.2) is 11.8 Å². The topological polar surface area (TPSA) is 94.2 Å². The number of azide groups is 1. The number of halogens is 4. The highest BCUT2D eigenvalue weighted by atomic mass is 19.5. The second-order valence-electron chi connectivity index (χ2n) is 6.76. The third kappa shape index (κ3) is 5.47. The van der Waals surface area contributed by atoms with E-state index in [4.69, 9.17) is 10.9 Å². The van der Waals surface area contributed by atoms with E-state index in [-0.39, 0.29) is 0 Å². The third-order valence-corrected chi connectivity index (χ3v) is 4.77. The highest BCUT2D eigenvalue weighted by Gasteiger charge is 2.20. The summed E-state index contributed by atoms with van der Waals surface area (Å²) in [5.74, 6) is 0. The highest BCUT2D eigenvalue weighted by Crippen LogP contribution is 2.39. The number of diazo groups is 1. The van der Waals surface area contributed by atoms with Gasteiger partial charge in [-0.15, -0.1) is 0 Å². The second kappa shape index (κ2) is 9.85. The average Bonchev–Trinajstić information content (AvgIpc) is 2.78. The molecular weight excluding hydrogens is 437 g/mol. The summed E-state index contributed by atoms with van der Waals surface area (Å²) in [6.45, 7) is 2.80. The van der Waals surface area contributed by atoms with E-state index >= 15 is 0 Å². The first kappa shape index (κ1) is 23.3. The molecular formula is C21H16BF4N7. The van der Waals surface area contributed by atoms with Gasteiger partial charge in [-0.05, 0) is 47.7 Å². The van der Waals surface area contributed by atoms with Gasteiger partial charge in [0.15, 0.2) is 10.5 Å². The fourth-order valence-corrected chi connectivity index (χ4v) is 3.66. The lowest BCUT2D eigenvalue weighted by molar-refractivity contribution is 0.368. The Morgan fingerprint density at radius 1 is 0.970 bits per heavy atom. The number of hydrogen-bond donors (Lipinski definition) is 0. The summed E-state index contributed by atoms with van der Waals surface area (Å²) in [6, 6.07) is 21.5. The van der Waals surface area contributed by atoms with Crippen molar-refractivity contribution in [1.82, 2.24) is 4.57 Å². The van der Waals surface area contributed by atoms with Crippen LogP contribution < -0.4 is 5.36 Å². The SMILES string of the molecule is CCn1c2cc(=N[N+]#N)ccc-2c2ccc(N=[N+]=[N-])cc2c1-c1ccccc1.F[B-](F)(F)F. The molecule has 0 unspecified atom stereocenters. The summed E-state index contributed by atoms with van der Waals surface area (Å²) < 4.78 is 41.2. The largest absolute Gasteiger partial charge is 0.673 e. The van der Waals surface area contributed by atoms with Gasteiger partial charge in [-0.2, -0.15) is 0 Å². The minimum Gasteiger partial charge on any atom is -0.418 e. The maximum absolute atomic E-state index is 9.75. The van der Waals surface area contributed by atoms with Gasteiger partial charge in [0.05, 0.1) is 11.4 Å². The molecule has 2 aliphatic rings. The molecule has 1 aliphatic heterocycles. The fourth-order valence-electron chi connectivity index (χ4n) is 3.66. The van der Waals surface area contributed by atoms with Gasteiger partial charge in [-0.3, -0.25) is 0 Å². The summed E-state index contributed by atoms with van der Waals surface area (Å²) in [5.41, 5.74) is 13.5. The number of hydrogen-bond acceptors (Lipinski definition) is 3. The minimum atomic E-state index is -6.00. The van der Waals surface area contributed by atoms with E-state index in [1.807, 2.05) is 54.6 Å². The third-order valence-electron chi connectivity index (χ3n) is 4.77. The Morgan fingerprint density at radius 3 is 2.27 bits per heavy atom. The van der Waals surface area contributed by atoms with E-state index in [2.05, 4.69) is 43.8 Å². The number of rotatable bonds is 3. The summed E-state index contributed by atoms with van der Waals surface area (Å²) >= 11 is 0. The molecule has 2 aromatic carbocycles. The zero-order valence-electron chi connectivity index (χ0n) is 17.3. The van der Waals surface area contributed by atoms with Crippen LogP contribution in [0, 0.1) is 5.39 Å². The first-order chi connectivity index (χ1) is 15.8. The van der Waals surface area contributed by atoms with Gasteiger partial charge in [0.25, 0.3) is 5.39 Å². The molecule has 0 spiro atoms. The van der Waals surface area contributed by atoms with Crippen molar-refractivity contribution in [3.8, 4) is 22.5 Å². The Bertz CT molecular complexity index is 1410. The summed E-state index contributed by atoms with van der Waals surface area (Å²) in [6.07, 6.45) is 0.